The minimum atomic E-state index is 0.329. The van der Waals surface area contributed by atoms with Gasteiger partial charge in [-0.05, 0) is 45.0 Å². The molecule has 1 aromatic rings. The maximum absolute atomic E-state index is 8.76. The molecule has 0 saturated carbocycles. The molecule has 0 aromatic heterocycles. The standard InChI is InChI=1S/C8H19N.C7H8O/c1-3-5-6-8-9-7-4-2;1-6-2-4-7(8)5-3-6/h9H,3-8H2,1-2H3;2-5,8H,1H3. The fourth-order valence-corrected chi connectivity index (χ4v) is 1.35. The van der Waals surface area contributed by atoms with Gasteiger partial charge in [0.25, 0.3) is 0 Å². The summed E-state index contributed by atoms with van der Waals surface area (Å²) >= 11 is 0. The van der Waals surface area contributed by atoms with Crippen LogP contribution in [0.3, 0.4) is 0 Å². The smallest absolute Gasteiger partial charge is 0.115 e. The zero-order valence-electron chi connectivity index (χ0n) is 11.5. The second kappa shape index (κ2) is 11.5. The number of phenolic OH excluding ortho intramolecular Hbond substituents is 1. The lowest BCUT2D eigenvalue weighted by Crippen LogP contribution is -2.15. The zero-order valence-corrected chi connectivity index (χ0v) is 11.5. The molecule has 0 aliphatic carbocycles. The lowest BCUT2D eigenvalue weighted by Gasteiger charge is -1.99. The normalized spacial score (nSPS) is 9.59. The van der Waals surface area contributed by atoms with Crippen molar-refractivity contribution in [2.75, 3.05) is 13.1 Å². The summed E-state index contributed by atoms with van der Waals surface area (Å²) in [6, 6.07) is 7.09. The minimum absolute atomic E-state index is 0.329. The minimum Gasteiger partial charge on any atom is -0.508 e. The van der Waals surface area contributed by atoms with E-state index in [4.69, 9.17) is 5.11 Å². The van der Waals surface area contributed by atoms with E-state index >= 15 is 0 Å². The summed E-state index contributed by atoms with van der Waals surface area (Å²) in [7, 11) is 0. The molecule has 17 heavy (non-hydrogen) atoms. The Morgan fingerprint density at radius 1 is 0.941 bits per heavy atom. The highest BCUT2D eigenvalue weighted by Gasteiger charge is 1.83. The Labute approximate surface area is 106 Å². The highest BCUT2D eigenvalue weighted by Crippen LogP contribution is 2.07. The first-order chi connectivity index (χ1) is 8.20. The highest BCUT2D eigenvalue weighted by molar-refractivity contribution is 5.24. The second-order valence-electron chi connectivity index (χ2n) is 4.29. The van der Waals surface area contributed by atoms with Crippen LogP contribution in [0, 0.1) is 6.92 Å². The van der Waals surface area contributed by atoms with Crippen molar-refractivity contribution in [3.8, 4) is 5.75 Å². The van der Waals surface area contributed by atoms with Crippen LogP contribution in [0.15, 0.2) is 24.3 Å². The molecule has 1 rings (SSSR count). The molecule has 1 aromatic carbocycles. The Hall–Kier alpha value is -1.02. The molecule has 0 spiro atoms. The number of unbranched alkanes of at least 4 members (excludes halogenated alkanes) is 2. The van der Waals surface area contributed by atoms with Gasteiger partial charge >= 0.3 is 0 Å². The molecule has 0 fully saturated rings. The number of nitrogens with one attached hydrogen (secondary N) is 1. The van der Waals surface area contributed by atoms with Crippen LogP contribution in [0.2, 0.25) is 0 Å². The molecule has 0 saturated heterocycles. The predicted octanol–water partition coefficient (Wildman–Crippen LogP) is 3.88. The number of hydrogen-bond donors (Lipinski definition) is 2. The van der Waals surface area contributed by atoms with E-state index in [0.717, 1.165) is 0 Å². The SMILES string of the molecule is CCCCCNCCC.Cc1ccc(O)cc1. The van der Waals surface area contributed by atoms with E-state index in [1.807, 2.05) is 19.1 Å². The lowest BCUT2D eigenvalue weighted by atomic mass is 10.2. The Balaban J connectivity index is 0.000000302. The van der Waals surface area contributed by atoms with Crippen molar-refractivity contribution in [2.24, 2.45) is 0 Å². The molecule has 0 amide bonds. The maximum atomic E-state index is 8.76. The number of benzene rings is 1. The van der Waals surface area contributed by atoms with Crippen LogP contribution in [-0.2, 0) is 0 Å². The molecular weight excluding hydrogens is 210 g/mol. The van der Waals surface area contributed by atoms with Crippen molar-refractivity contribution in [3.63, 3.8) is 0 Å². The van der Waals surface area contributed by atoms with Crippen LogP contribution in [-0.4, -0.2) is 18.2 Å². The average Bonchev–Trinajstić information content (AvgIpc) is 2.34. The first-order valence-corrected chi connectivity index (χ1v) is 6.67. The van der Waals surface area contributed by atoms with Gasteiger partial charge < -0.3 is 10.4 Å². The van der Waals surface area contributed by atoms with Gasteiger partial charge in [-0.25, -0.2) is 0 Å². The monoisotopic (exact) mass is 237 g/mol. The van der Waals surface area contributed by atoms with Gasteiger partial charge in [0.1, 0.15) is 5.75 Å². The molecule has 98 valence electrons. The van der Waals surface area contributed by atoms with Crippen LogP contribution in [0.5, 0.6) is 5.75 Å². The summed E-state index contributed by atoms with van der Waals surface area (Å²) in [6.45, 7) is 8.82. The lowest BCUT2D eigenvalue weighted by molar-refractivity contribution is 0.475. The van der Waals surface area contributed by atoms with E-state index < -0.39 is 0 Å². The van der Waals surface area contributed by atoms with Crippen molar-refractivity contribution in [1.82, 2.24) is 5.32 Å². The Morgan fingerprint density at radius 2 is 1.59 bits per heavy atom. The van der Waals surface area contributed by atoms with Crippen LogP contribution < -0.4 is 5.32 Å². The third-order valence-electron chi connectivity index (χ3n) is 2.42. The van der Waals surface area contributed by atoms with Crippen LogP contribution in [0.25, 0.3) is 0 Å². The van der Waals surface area contributed by atoms with E-state index in [0.29, 0.717) is 5.75 Å². The van der Waals surface area contributed by atoms with Crippen molar-refractivity contribution >= 4 is 0 Å². The van der Waals surface area contributed by atoms with Gasteiger partial charge in [-0.2, -0.15) is 0 Å². The number of aromatic hydroxyl groups is 1. The largest absolute Gasteiger partial charge is 0.508 e. The van der Waals surface area contributed by atoms with E-state index in [1.54, 1.807) is 12.1 Å². The van der Waals surface area contributed by atoms with Crippen LogP contribution >= 0.6 is 0 Å². The van der Waals surface area contributed by atoms with Crippen LogP contribution in [0.1, 0.15) is 45.1 Å². The molecule has 2 heteroatoms. The number of aryl methyl sites for hydroxylation is 1. The molecule has 0 aliphatic heterocycles. The molecular formula is C15H27NO. The number of rotatable bonds is 6. The summed E-state index contributed by atoms with van der Waals surface area (Å²) in [5.74, 6) is 0.329. The Morgan fingerprint density at radius 3 is 2.06 bits per heavy atom. The van der Waals surface area contributed by atoms with E-state index in [9.17, 15) is 0 Å². The first kappa shape index (κ1) is 16.0. The number of phenols is 1. The summed E-state index contributed by atoms with van der Waals surface area (Å²) in [5, 5.41) is 12.1. The van der Waals surface area contributed by atoms with Crippen molar-refractivity contribution in [1.29, 1.82) is 0 Å². The summed E-state index contributed by atoms with van der Waals surface area (Å²) in [4.78, 5) is 0. The van der Waals surface area contributed by atoms with E-state index in [2.05, 4.69) is 19.2 Å². The molecule has 2 N–H and O–H groups in total. The van der Waals surface area contributed by atoms with Gasteiger partial charge in [0.15, 0.2) is 0 Å². The first-order valence-electron chi connectivity index (χ1n) is 6.67. The van der Waals surface area contributed by atoms with E-state index in [-0.39, 0.29) is 0 Å². The quantitative estimate of drug-likeness (QED) is 0.736. The number of hydrogen-bond acceptors (Lipinski definition) is 2. The Bertz CT molecular complexity index is 229. The third-order valence-corrected chi connectivity index (χ3v) is 2.42. The molecule has 0 bridgehead atoms. The van der Waals surface area contributed by atoms with Gasteiger partial charge in [-0.3, -0.25) is 0 Å². The fraction of sp³-hybridized carbons (Fsp3) is 0.600. The second-order valence-corrected chi connectivity index (χ2v) is 4.29. The molecule has 0 unspecified atom stereocenters. The maximum Gasteiger partial charge on any atom is 0.115 e. The molecule has 0 heterocycles. The van der Waals surface area contributed by atoms with Crippen LogP contribution in [0.4, 0.5) is 0 Å². The fourth-order valence-electron chi connectivity index (χ4n) is 1.35. The summed E-state index contributed by atoms with van der Waals surface area (Å²) < 4.78 is 0. The zero-order chi connectivity index (χ0) is 12.9. The van der Waals surface area contributed by atoms with Crippen molar-refractivity contribution < 1.29 is 5.11 Å². The average molecular weight is 237 g/mol. The van der Waals surface area contributed by atoms with Crippen molar-refractivity contribution in [3.05, 3.63) is 29.8 Å². The topological polar surface area (TPSA) is 32.3 Å². The van der Waals surface area contributed by atoms with E-state index in [1.165, 1.54) is 44.3 Å². The predicted molar refractivity (Wildman–Crippen MR) is 75.5 cm³/mol. The molecule has 0 atom stereocenters. The molecule has 0 radical (unpaired) electrons. The van der Waals surface area contributed by atoms with Crippen molar-refractivity contribution in [2.45, 2.75) is 46.5 Å². The Kier molecular flexibility index (Phi) is 10.8. The van der Waals surface area contributed by atoms with Gasteiger partial charge in [0.2, 0.25) is 0 Å². The highest BCUT2D eigenvalue weighted by atomic mass is 16.3. The third kappa shape index (κ3) is 11.2. The summed E-state index contributed by atoms with van der Waals surface area (Å²) in [6.07, 6.45) is 5.30. The van der Waals surface area contributed by atoms with Gasteiger partial charge in [-0.15, -0.1) is 0 Å². The molecule has 2 nitrogen and oxygen atoms in total. The van der Waals surface area contributed by atoms with Gasteiger partial charge in [-0.1, -0.05) is 44.4 Å². The van der Waals surface area contributed by atoms with Gasteiger partial charge in [0.05, 0.1) is 0 Å². The summed E-state index contributed by atoms with van der Waals surface area (Å²) in [5.41, 5.74) is 1.17. The molecule has 0 aliphatic rings. The van der Waals surface area contributed by atoms with Gasteiger partial charge in [0, 0.05) is 0 Å².